The van der Waals surface area contributed by atoms with Crippen LogP contribution >= 0.6 is 23.2 Å². The SMILES string of the molecule is CO/N=C/[C@H]1C2CCC(C[C@@H]1c1ccc(Cl)c(Cl)c1)N2C. The topological polar surface area (TPSA) is 24.8 Å². The fourth-order valence-corrected chi connectivity index (χ4v) is 4.25. The highest BCUT2D eigenvalue weighted by molar-refractivity contribution is 6.42. The number of hydrogen-bond acceptors (Lipinski definition) is 3. The quantitative estimate of drug-likeness (QED) is 0.614. The predicted molar refractivity (Wildman–Crippen MR) is 87.4 cm³/mol. The smallest absolute Gasteiger partial charge is 0.106 e. The van der Waals surface area contributed by atoms with Crippen LogP contribution in [0.5, 0.6) is 0 Å². The zero-order valence-corrected chi connectivity index (χ0v) is 13.8. The molecule has 2 aliphatic rings. The van der Waals surface area contributed by atoms with E-state index in [9.17, 15) is 0 Å². The van der Waals surface area contributed by atoms with Crippen LogP contribution in [0.3, 0.4) is 0 Å². The fraction of sp³-hybridized carbons (Fsp3) is 0.562. The molecule has 4 atom stereocenters. The van der Waals surface area contributed by atoms with Gasteiger partial charge in [0.05, 0.1) is 10.0 Å². The monoisotopic (exact) mass is 326 g/mol. The van der Waals surface area contributed by atoms with E-state index in [2.05, 4.69) is 23.2 Å². The van der Waals surface area contributed by atoms with Gasteiger partial charge < -0.3 is 4.84 Å². The zero-order chi connectivity index (χ0) is 15.0. The van der Waals surface area contributed by atoms with Gasteiger partial charge in [0.15, 0.2) is 0 Å². The molecular formula is C16H20Cl2N2O. The first kappa shape index (κ1) is 15.1. The average molecular weight is 327 g/mol. The van der Waals surface area contributed by atoms with Gasteiger partial charge in [-0.05, 0) is 49.9 Å². The van der Waals surface area contributed by atoms with Gasteiger partial charge in [0, 0.05) is 24.2 Å². The third-order valence-corrected chi connectivity index (χ3v) is 5.78. The number of halogens is 2. The molecule has 0 N–H and O–H groups in total. The van der Waals surface area contributed by atoms with Gasteiger partial charge in [-0.2, -0.15) is 0 Å². The molecule has 0 aliphatic carbocycles. The molecule has 2 aliphatic heterocycles. The van der Waals surface area contributed by atoms with Crippen LogP contribution in [0.15, 0.2) is 23.4 Å². The zero-order valence-electron chi connectivity index (χ0n) is 12.3. The van der Waals surface area contributed by atoms with Crippen molar-refractivity contribution in [2.75, 3.05) is 14.2 Å². The van der Waals surface area contributed by atoms with Crippen molar-refractivity contribution in [2.45, 2.75) is 37.3 Å². The number of rotatable bonds is 3. The normalized spacial score (nSPS) is 32.8. The Morgan fingerprint density at radius 3 is 2.81 bits per heavy atom. The summed E-state index contributed by atoms with van der Waals surface area (Å²) in [4.78, 5) is 7.42. The molecule has 3 nitrogen and oxygen atoms in total. The second kappa shape index (κ2) is 6.15. The molecule has 1 aromatic carbocycles. The van der Waals surface area contributed by atoms with Crippen molar-refractivity contribution in [1.29, 1.82) is 0 Å². The molecule has 5 heteroatoms. The molecule has 114 valence electrons. The van der Waals surface area contributed by atoms with Crippen molar-refractivity contribution >= 4 is 29.4 Å². The van der Waals surface area contributed by atoms with Crippen LogP contribution in [0.25, 0.3) is 0 Å². The number of piperidine rings is 1. The Bertz CT molecular complexity index is 549. The Hall–Kier alpha value is -0.770. The molecule has 0 saturated carbocycles. The maximum Gasteiger partial charge on any atom is 0.106 e. The summed E-state index contributed by atoms with van der Waals surface area (Å²) in [6.45, 7) is 0. The first-order valence-corrected chi connectivity index (χ1v) is 8.11. The van der Waals surface area contributed by atoms with Crippen LogP contribution in [0.4, 0.5) is 0 Å². The van der Waals surface area contributed by atoms with Gasteiger partial charge in [-0.3, -0.25) is 4.90 Å². The minimum absolute atomic E-state index is 0.353. The Labute approximate surface area is 135 Å². The van der Waals surface area contributed by atoms with E-state index in [1.807, 2.05) is 18.3 Å². The van der Waals surface area contributed by atoms with Crippen LogP contribution < -0.4 is 0 Å². The Morgan fingerprint density at radius 1 is 1.29 bits per heavy atom. The molecule has 2 unspecified atom stereocenters. The van der Waals surface area contributed by atoms with Crippen molar-refractivity contribution < 1.29 is 4.84 Å². The van der Waals surface area contributed by atoms with Crippen LogP contribution in [0, 0.1) is 5.92 Å². The lowest BCUT2D eigenvalue weighted by molar-refractivity contribution is 0.131. The minimum Gasteiger partial charge on any atom is -0.399 e. The molecular weight excluding hydrogens is 307 g/mol. The Kier molecular flexibility index (Phi) is 4.43. The summed E-state index contributed by atoms with van der Waals surface area (Å²) in [5, 5.41) is 5.29. The molecule has 0 amide bonds. The Morgan fingerprint density at radius 2 is 2.10 bits per heavy atom. The van der Waals surface area contributed by atoms with Gasteiger partial charge in [0.25, 0.3) is 0 Å². The third-order valence-electron chi connectivity index (χ3n) is 5.04. The van der Waals surface area contributed by atoms with Crippen molar-refractivity contribution in [3.8, 4) is 0 Å². The first-order chi connectivity index (χ1) is 10.1. The summed E-state index contributed by atoms with van der Waals surface area (Å²) >= 11 is 12.2. The van der Waals surface area contributed by atoms with E-state index in [0.29, 0.717) is 34.0 Å². The third kappa shape index (κ3) is 2.79. The van der Waals surface area contributed by atoms with E-state index in [-0.39, 0.29) is 0 Å². The van der Waals surface area contributed by atoms with Gasteiger partial charge in [0.2, 0.25) is 0 Å². The van der Waals surface area contributed by atoms with Crippen LogP contribution in [0.2, 0.25) is 10.0 Å². The lowest BCUT2D eigenvalue weighted by atomic mass is 9.77. The van der Waals surface area contributed by atoms with Gasteiger partial charge >= 0.3 is 0 Å². The average Bonchev–Trinajstić information content (AvgIpc) is 2.72. The van der Waals surface area contributed by atoms with E-state index in [4.69, 9.17) is 28.0 Å². The molecule has 3 rings (SSSR count). The van der Waals surface area contributed by atoms with Gasteiger partial charge in [0.1, 0.15) is 7.11 Å². The summed E-state index contributed by atoms with van der Waals surface area (Å²) in [5.41, 5.74) is 1.25. The van der Waals surface area contributed by atoms with Crippen molar-refractivity contribution in [3.63, 3.8) is 0 Å². The van der Waals surface area contributed by atoms with E-state index < -0.39 is 0 Å². The molecule has 2 fully saturated rings. The van der Waals surface area contributed by atoms with E-state index >= 15 is 0 Å². The van der Waals surface area contributed by atoms with E-state index in [1.54, 1.807) is 7.11 Å². The largest absolute Gasteiger partial charge is 0.399 e. The highest BCUT2D eigenvalue weighted by Gasteiger charge is 2.45. The molecule has 0 aromatic heterocycles. The summed E-state index contributed by atoms with van der Waals surface area (Å²) in [6, 6.07) is 7.18. The first-order valence-electron chi connectivity index (χ1n) is 7.35. The summed E-state index contributed by atoms with van der Waals surface area (Å²) in [6.07, 6.45) is 5.58. The maximum atomic E-state index is 6.20. The fourth-order valence-electron chi connectivity index (χ4n) is 3.94. The maximum absolute atomic E-state index is 6.20. The molecule has 2 bridgehead atoms. The summed E-state index contributed by atoms with van der Waals surface area (Å²) in [5.74, 6) is 0.776. The lowest BCUT2D eigenvalue weighted by Crippen LogP contribution is -2.46. The van der Waals surface area contributed by atoms with Crippen molar-refractivity contribution in [1.82, 2.24) is 4.90 Å². The van der Waals surface area contributed by atoms with Crippen molar-refractivity contribution in [2.24, 2.45) is 11.1 Å². The lowest BCUT2D eigenvalue weighted by Gasteiger charge is -2.41. The van der Waals surface area contributed by atoms with Crippen molar-refractivity contribution in [3.05, 3.63) is 33.8 Å². The number of fused-ring (bicyclic) bond motifs is 2. The van der Waals surface area contributed by atoms with Crippen LogP contribution in [0.1, 0.15) is 30.7 Å². The van der Waals surface area contributed by atoms with Gasteiger partial charge in [-0.15, -0.1) is 0 Å². The molecule has 0 radical (unpaired) electrons. The van der Waals surface area contributed by atoms with E-state index in [1.165, 1.54) is 18.4 Å². The molecule has 2 heterocycles. The Balaban J connectivity index is 1.94. The summed E-state index contributed by atoms with van der Waals surface area (Å²) < 4.78 is 0. The number of nitrogens with zero attached hydrogens (tertiary/aromatic N) is 2. The standard InChI is InChI=1S/C16H20Cl2N2O/c1-20-11-4-6-16(20)13(9-19-21-2)12(8-11)10-3-5-14(17)15(18)7-10/h3,5,7,9,11-13,16H,4,6,8H2,1-2H3/b19-9+/t11?,12-,13-,16?/m1/s1. The molecule has 0 spiro atoms. The molecule has 2 saturated heterocycles. The van der Waals surface area contributed by atoms with E-state index in [0.717, 1.165) is 6.42 Å². The van der Waals surface area contributed by atoms with Crippen LogP contribution in [-0.4, -0.2) is 37.4 Å². The van der Waals surface area contributed by atoms with Gasteiger partial charge in [-0.25, -0.2) is 0 Å². The predicted octanol–water partition coefficient (Wildman–Crippen LogP) is 4.19. The molecule has 1 aromatic rings. The van der Waals surface area contributed by atoms with Crippen LogP contribution in [-0.2, 0) is 4.84 Å². The highest BCUT2D eigenvalue weighted by Crippen LogP contribution is 2.46. The minimum atomic E-state index is 0.353. The van der Waals surface area contributed by atoms with Gasteiger partial charge in [-0.1, -0.05) is 34.4 Å². The second-order valence-corrected chi connectivity index (χ2v) is 6.81. The highest BCUT2D eigenvalue weighted by atomic mass is 35.5. The number of oxime groups is 1. The number of hydrogen-bond donors (Lipinski definition) is 0. The second-order valence-electron chi connectivity index (χ2n) is 5.99. The number of benzene rings is 1. The molecule has 21 heavy (non-hydrogen) atoms. The summed E-state index contributed by atoms with van der Waals surface area (Å²) in [7, 11) is 3.82.